The number of hydrogen-bond donors (Lipinski definition) is 1. The van der Waals surface area contributed by atoms with Gasteiger partial charge in [-0.3, -0.25) is 4.90 Å². The molecule has 1 atom stereocenters. The van der Waals surface area contributed by atoms with E-state index in [1.165, 1.54) is 5.56 Å². The molecule has 3 rings (SSSR count). The van der Waals surface area contributed by atoms with Gasteiger partial charge in [-0.2, -0.15) is 0 Å². The summed E-state index contributed by atoms with van der Waals surface area (Å²) in [5.74, 6) is 0.617. The van der Waals surface area contributed by atoms with Gasteiger partial charge in [0.05, 0.1) is 0 Å². The molecule has 0 bridgehead atoms. The third kappa shape index (κ3) is 5.64. The van der Waals surface area contributed by atoms with Gasteiger partial charge >= 0.3 is 0 Å². The predicted molar refractivity (Wildman–Crippen MR) is 102 cm³/mol. The summed E-state index contributed by atoms with van der Waals surface area (Å²) in [5.41, 5.74) is 1.25. The van der Waals surface area contributed by atoms with E-state index in [1.807, 2.05) is 6.07 Å². The summed E-state index contributed by atoms with van der Waals surface area (Å²) in [4.78, 5) is 2.58. The number of halogens is 4. The molecule has 0 amide bonds. The van der Waals surface area contributed by atoms with Crippen LogP contribution < -0.4 is 5.32 Å². The summed E-state index contributed by atoms with van der Waals surface area (Å²) in [7, 11) is 0. The van der Waals surface area contributed by atoms with Gasteiger partial charge in [0.1, 0.15) is 0 Å². The standard InChI is InChI=1S/C16H22Cl2N2O.2ClH/c17-14-9-13(10-15(18)11-14)16(12-1-7-21-8-2-12)20-5-3-19-4-6-20;;/h9-12,16,19H,1-8H2;2*1H/t16-;;/m1../s1. The van der Waals surface area contributed by atoms with Crippen LogP contribution in [0, 0.1) is 5.92 Å². The van der Waals surface area contributed by atoms with Gasteiger partial charge in [-0.15, -0.1) is 24.8 Å². The van der Waals surface area contributed by atoms with Crippen LogP contribution in [0.15, 0.2) is 18.2 Å². The Kier molecular flexibility index (Phi) is 9.54. The van der Waals surface area contributed by atoms with Crippen molar-refractivity contribution in [1.29, 1.82) is 0 Å². The van der Waals surface area contributed by atoms with E-state index in [4.69, 9.17) is 27.9 Å². The molecule has 7 heteroatoms. The molecule has 0 unspecified atom stereocenters. The van der Waals surface area contributed by atoms with Crippen LogP contribution in [-0.4, -0.2) is 44.3 Å². The molecule has 3 nitrogen and oxygen atoms in total. The summed E-state index contributed by atoms with van der Waals surface area (Å²) >= 11 is 12.5. The third-order valence-electron chi connectivity index (χ3n) is 4.48. The number of benzene rings is 1. The van der Waals surface area contributed by atoms with E-state index in [2.05, 4.69) is 22.3 Å². The van der Waals surface area contributed by atoms with Crippen molar-refractivity contribution < 1.29 is 4.74 Å². The van der Waals surface area contributed by atoms with Gasteiger partial charge in [0.25, 0.3) is 0 Å². The topological polar surface area (TPSA) is 24.5 Å². The highest BCUT2D eigenvalue weighted by Gasteiger charge is 2.31. The maximum absolute atomic E-state index is 6.23. The van der Waals surface area contributed by atoms with E-state index in [0.29, 0.717) is 12.0 Å². The average Bonchev–Trinajstić information content (AvgIpc) is 2.49. The second-order valence-corrected chi connectivity index (χ2v) is 6.76. The van der Waals surface area contributed by atoms with Crippen molar-refractivity contribution in [3.63, 3.8) is 0 Å². The second kappa shape index (κ2) is 10.3. The molecule has 2 aliphatic rings. The summed E-state index contributed by atoms with van der Waals surface area (Å²) in [5, 5.41) is 4.88. The summed E-state index contributed by atoms with van der Waals surface area (Å²) in [6.07, 6.45) is 2.22. The molecule has 2 heterocycles. The molecule has 2 saturated heterocycles. The SMILES string of the molecule is Cl.Cl.Clc1cc(Cl)cc([C@@H](C2CCOCC2)N2CCNCC2)c1. The van der Waals surface area contributed by atoms with Crippen LogP contribution in [0.5, 0.6) is 0 Å². The van der Waals surface area contributed by atoms with E-state index in [0.717, 1.165) is 62.3 Å². The smallest absolute Gasteiger partial charge is 0.0469 e. The van der Waals surface area contributed by atoms with Crippen molar-refractivity contribution in [3.8, 4) is 0 Å². The molecule has 0 saturated carbocycles. The third-order valence-corrected chi connectivity index (χ3v) is 4.92. The Morgan fingerprint density at radius 3 is 2.13 bits per heavy atom. The van der Waals surface area contributed by atoms with Gasteiger partial charge in [0, 0.05) is 55.5 Å². The molecular weight excluding hydrogens is 378 g/mol. The van der Waals surface area contributed by atoms with Crippen molar-refractivity contribution in [2.75, 3.05) is 39.4 Å². The molecule has 0 spiro atoms. The summed E-state index contributed by atoms with van der Waals surface area (Å²) in [6, 6.07) is 6.36. The van der Waals surface area contributed by atoms with Crippen LogP contribution in [0.4, 0.5) is 0 Å². The predicted octanol–water partition coefficient (Wildman–Crippen LogP) is 4.21. The Balaban J connectivity index is 0.00000132. The fraction of sp³-hybridized carbons (Fsp3) is 0.625. The molecule has 2 aliphatic heterocycles. The van der Waals surface area contributed by atoms with Crippen molar-refractivity contribution in [2.24, 2.45) is 5.92 Å². The van der Waals surface area contributed by atoms with Gasteiger partial charge < -0.3 is 10.1 Å². The van der Waals surface area contributed by atoms with Crippen LogP contribution in [0.3, 0.4) is 0 Å². The van der Waals surface area contributed by atoms with Crippen molar-refractivity contribution >= 4 is 48.0 Å². The Labute approximate surface area is 160 Å². The Morgan fingerprint density at radius 2 is 1.57 bits per heavy atom. The van der Waals surface area contributed by atoms with Crippen molar-refractivity contribution in [2.45, 2.75) is 18.9 Å². The zero-order chi connectivity index (χ0) is 14.7. The maximum atomic E-state index is 6.23. The number of ether oxygens (including phenoxy) is 1. The van der Waals surface area contributed by atoms with E-state index in [9.17, 15) is 0 Å². The van der Waals surface area contributed by atoms with E-state index < -0.39 is 0 Å². The fourth-order valence-corrected chi connectivity index (χ4v) is 4.06. The molecule has 0 radical (unpaired) electrons. The highest BCUT2D eigenvalue weighted by molar-refractivity contribution is 6.34. The number of nitrogens with one attached hydrogen (secondary N) is 1. The fourth-order valence-electron chi connectivity index (χ4n) is 3.52. The minimum absolute atomic E-state index is 0. The Morgan fingerprint density at radius 1 is 1.00 bits per heavy atom. The van der Waals surface area contributed by atoms with Crippen molar-refractivity contribution in [1.82, 2.24) is 10.2 Å². The summed E-state index contributed by atoms with van der Waals surface area (Å²) in [6.45, 7) is 5.98. The molecular formula is C16H24Cl4N2O. The maximum Gasteiger partial charge on any atom is 0.0469 e. The van der Waals surface area contributed by atoms with Crippen LogP contribution in [0.25, 0.3) is 0 Å². The van der Waals surface area contributed by atoms with Gasteiger partial charge in [-0.25, -0.2) is 0 Å². The minimum atomic E-state index is 0. The molecule has 1 aromatic rings. The quantitative estimate of drug-likeness (QED) is 0.820. The first-order valence-corrected chi connectivity index (χ1v) is 8.48. The molecule has 0 aromatic heterocycles. The van der Waals surface area contributed by atoms with E-state index in [-0.39, 0.29) is 24.8 Å². The molecule has 0 aliphatic carbocycles. The Hall–Kier alpha value is 0.260. The Bertz CT molecular complexity index is 439. The zero-order valence-corrected chi connectivity index (χ0v) is 16.1. The lowest BCUT2D eigenvalue weighted by atomic mass is 9.85. The number of rotatable bonds is 3. The number of hydrogen-bond acceptors (Lipinski definition) is 3. The monoisotopic (exact) mass is 400 g/mol. The van der Waals surface area contributed by atoms with Gasteiger partial charge in [-0.1, -0.05) is 23.2 Å². The first-order chi connectivity index (χ1) is 10.2. The van der Waals surface area contributed by atoms with Crippen LogP contribution >= 0.6 is 48.0 Å². The number of nitrogens with zero attached hydrogens (tertiary/aromatic N) is 1. The van der Waals surface area contributed by atoms with E-state index in [1.54, 1.807) is 0 Å². The zero-order valence-electron chi connectivity index (χ0n) is 13.0. The average molecular weight is 402 g/mol. The van der Waals surface area contributed by atoms with Crippen LogP contribution in [0.2, 0.25) is 10.0 Å². The minimum Gasteiger partial charge on any atom is -0.381 e. The first kappa shape index (κ1) is 21.3. The first-order valence-electron chi connectivity index (χ1n) is 7.72. The van der Waals surface area contributed by atoms with Gasteiger partial charge in [0.15, 0.2) is 0 Å². The van der Waals surface area contributed by atoms with Crippen LogP contribution in [0.1, 0.15) is 24.4 Å². The highest BCUT2D eigenvalue weighted by Crippen LogP contribution is 2.37. The normalized spacial score (nSPS) is 21.1. The molecule has 23 heavy (non-hydrogen) atoms. The van der Waals surface area contributed by atoms with Gasteiger partial charge in [0.2, 0.25) is 0 Å². The largest absolute Gasteiger partial charge is 0.381 e. The highest BCUT2D eigenvalue weighted by atomic mass is 35.5. The number of piperazine rings is 1. The lowest BCUT2D eigenvalue weighted by molar-refractivity contribution is 0.0213. The van der Waals surface area contributed by atoms with Crippen molar-refractivity contribution in [3.05, 3.63) is 33.8 Å². The molecule has 132 valence electrons. The summed E-state index contributed by atoms with van der Waals surface area (Å²) < 4.78 is 5.54. The van der Waals surface area contributed by atoms with E-state index >= 15 is 0 Å². The molecule has 2 fully saturated rings. The molecule has 1 N–H and O–H groups in total. The van der Waals surface area contributed by atoms with Crippen LogP contribution in [-0.2, 0) is 4.74 Å². The molecule has 1 aromatic carbocycles. The second-order valence-electron chi connectivity index (χ2n) is 5.88. The van der Waals surface area contributed by atoms with Gasteiger partial charge in [-0.05, 0) is 42.5 Å². The lowest BCUT2D eigenvalue weighted by Gasteiger charge is -2.41. The lowest BCUT2D eigenvalue weighted by Crippen LogP contribution is -2.47.